The number of aryl methyl sites for hydroxylation is 4. The Morgan fingerprint density at radius 3 is 2.44 bits per heavy atom. The van der Waals surface area contributed by atoms with E-state index in [1.165, 1.54) is 24.4 Å². The molecule has 2 aromatic carbocycles. The van der Waals surface area contributed by atoms with Crippen LogP contribution in [0.15, 0.2) is 83.5 Å². The van der Waals surface area contributed by atoms with Gasteiger partial charge in [-0.1, -0.05) is 34.7 Å². The molecule has 0 saturated heterocycles. The number of aromatic nitrogens is 3. The quantitative estimate of drug-likeness (QED) is 0.180. The molecule has 6 aromatic rings. The third-order valence-electron chi connectivity index (χ3n) is 5.21. The fourth-order valence-electron chi connectivity index (χ4n) is 3.51. The van der Waals surface area contributed by atoms with E-state index in [0.717, 1.165) is 11.6 Å². The standard InChI is InChI=1S/C18H13N2O.C13H12N.Ir/c1-11-6-9-16(19-10-11)15-5-3-4-13-14-8-7-12(2)20-18(14)21-17(13)15;1-10-8-13(14-9-11(10)2)12-6-4-3-5-7-12;/h3-4,6-10H,1-2H3;3-6,8-9H,1-2H3;/q2*-1;/i2*1D3,2D3;. The van der Waals surface area contributed by atoms with Crippen LogP contribution in [-0.4, -0.2) is 15.0 Å². The minimum absolute atomic E-state index is 0. The smallest absolute Gasteiger partial charge is 0.216 e. The minimum Gasteiger partial charge on any atom is -0.486 e. The maximum atomic E-state index is 7.50. The summed E-state index contributed by atoms with van der Waals surface area (Å²) in [4.78, 5) is 12.4. The number of fused-ring (bicyclic) bond motifs is 3. The van der Waals surface area contributed by atoms with Gasteiger partial charge in [-0.2, -0.15) is 0 Å². The van der Waals surface area contributed by atoms with Gasteiger partial charge in [0.15, 0.2) is 0 Å². The first-order chi connectivity index (χ1) is 21.8. The van der Waals surface area contributed by atoms with Gasteiger partial charge in [0, 0.05) is 60.0 Å². The van der Waals surface area contributed by atoms with Gasteiger partial charge in [0.1, 0.15) is 0 Å². The number of hydrogen-bond donors (Lipinski definition) is 0. The molecule has 0 unspecified atom stereocenters. The fourth-order valence-corrected chi connectivity index (χ4v) is 3.51. The Labute approximate surface area is 241 Å². The maximum absolute atomic E-state index is 7.50. The van der Waals surface area contributed by atoms with Gasteiger partial charge in [-0.3, -0.25) is 0 Å². The maximum Gasteiger partial charge on any atom is 0.216 e. The van der Waals surface area contributed by atoms with E-state index in [1.807, 2.05) is 0 Å². The van der Waals surface area contributed by atoms with E-state index in [1.54, 1.807) is 48.5 Å². The molecular formula is C31H25IrN3O-2. The van der Waals surface area contributed by atoms with Crippen LogP contribution in [0.4, 0.5) is 0 Å². The molecule has 4 nitrogen and oxygen atoms in total. The van der Waals surface area contributed by atoms with Crippen LogP contribution in [0.1, 0.15) is 38.8 Å². The third-order valence-corrected chi connectivity index (χ3v) is 5.21. The Bertz CT molecular complexity index is 2030. The number of benzene rings is 2. The zero-order valence-electron chi connectivity index (χ0n) is 30.6. The number of rotatable bonds is 2. The molecule has 0 aliphatic heterocycles. The van der Waals surface area contributed by atoms with Crippen LogP contribution < -0.4 is 0 Å². The van der Waals surface area contributed by atoms with Gasteiger partial charge in [-0.15, -0.1) is 54.1 Å². The van der Waals surface area contributed by atoms with E-state index in [9.17, 15) is 0 Å². The van der Waals surface area contributed by atoms with Crippen molar-refractivity contribution in [3.05, 3.63) is 114 Å². The summed E-state index contributed by atoms with van der Waals surface area (Å²) in [5, 5.41) is 1.44. The van der Waals surface area contributed by atoms with Crippen LogP contribution in [0.5, 0.6) is 0 Å². The average molecular weight is 660 g/mol. The van der Waals surface area contributed by atoms with Crippen LogP contribution in [0.2, 0.25) is 0 Å². The topological polar surface area (TPSA) is 51.8 Å². The van der Waals surface area contributed by atoms with E-state index in [0.29, 0.717) is 33.5 Å². The van der Waals surface area contributed by atoms with Crippen molar-refractivity contribution in [3.63, 3.8) is 0 Å². The second kappa shape index (κ2) is 10.9. The van der Waals surface area contributed by atoms with Crippen LogP contribution in [-0.2, 0) is 20.1 Å². The van der Waals surface area contributed by atoms with Crippen molar-refractivity contribution >= 4 is 22.1 Å². The summed E-state index contributed by atoms with van der Waals surface area (Å²) in [5.41, 5.74) is 2.43. The molecule has 0 spiro atoms. The van der Waals surface area contributed by atoms with Crippen molar-refractivity contribution in [2.45, 2.75) is 27.4 Å². The van der Waals surface area contributed by atoms with Crippen molar-refractivity contribution < 1.29 is 41.0 Å². The summed E-state index contributed by atoms with van der Waals surface area (Å²) < 4.78 is 95.3. The zero-order chi connectivity index (χ0) is 34.4. The zero-order valence-corrected chi connectivity index (χ0v) is 21.0. The predicted molar refractivity (Wildman–Crippen MR) is 141 cm³/mol. The number of hydrogen-bond acceptors (Lipinski definition) is 4. The van der Waals surface area contributed by atoms with Gasteiger partial charge in [-0.25, -0.2) is 4.98 Å². The summed E-state index contributed by atoms with van der Waals surface area (Å²) >= 11 is 0. The number of pyridine rings is 3. The Hall–Kier alpha value is -3.66. The van der Waals surface area contributed by atoms with Gasteiger partial charge in [-0.05, 0) is 62.1 Å². The van der Waals surface area contributed by atoms with Gasteiger partial charge in [0.25, 0.3) is 0 Å². The molecule has 0 aliphatic carbocycles. The molecule has 0 N–H and O–H groups in total. The van der Waals surface area contributed by atoms with E-state index < -0.39 is 27.4 Å². The summed E-state index contributed by atoms with van der Waals surface area (Å²) in [6, 6.07) is 24.0. The number of nitrogens with zero attached hydrogens (tertiary/aromatic N) is 3. The third kappa shape index (κ3) is 5.28. The first-order valence-corrected chi connectivity index (χ1v) is 10.5. The van der Waals surface area contributed by atoms with Gasteiger partial charge in [0.05, 0.1) is 5.58 Å². The first-order valence-electron chi connectivity index (χ1n) is 16.5. The minimum atomic E-state index is -2.50. The van der Waals surface area contributed by atoms with Gasteiger partial charge < -0.3 is 14.4 Å². The summed E-state index contributed by atoms with van der Waals surface area (Å²) in [6.07, 6.45) is 2.42. The molecule has 4 aromatic heterocycles. The molecule has 6 rings (SSSR count). The van der Waals surface area contributed by atoms with Gasteiger partial charge >= 0.3 is 0 Å². The molecule has 0 amide bonds. The van der Waals surface area contributed by atoms with Crippen LogP contribution in [0.25, 0.3) is 44.6 Å². The van der Waals surface area contributed by atoms with Crippen LogP contribution >= 0.6 is 0 Å². The molecule has 36 heavy (non-hydrogen) atoms. The molecule has 181 valence electrons. The molecule has 0 aliphatic rings. The van der Waals surface area contributed by atoms with Crippen LogP contribution in [0.3, 0.4) is 0 Å². The van der Waals surface area contributed by atoms with Gasteiger partial charge in [0.2, 0.25) is 5.71 Å². The normalized spacial score (nSPS) is 16.9. The van der Waals surface area contributed by atoms with Crippen molar-refractivity contribution in [1.29, 1.82) is 0 Å². The van der Waals surface area contributed by atoms with Crippen molar-refractivity contribution in [3.8, 4) is 22.5 Å². The molecule has 0 bridgehead atoms. The van der Waals surface area contributed by atoms with Crippen molar-refractivity contribution in [2.75, 3.05) is 0 Å². The predicted octanol–water partition coefficient (Wildman–Crippen LogP) is 7.62. The molecule has 0 saturated carbocycles. The molecule has 0 atom stereocenters. The summed E-state index contributed by atoms with van der Waals surface area (Å²) in [5.74, 6) is 0. The second-order valence-corrected chi connectivity index (χ2v) is 7.57. The average Bonchev–Trinajstić information content (AvgIpc) is 3.38. The van der Waals surface area contributed by atoms with E-state index in [2.05, 4.69) is 27.1 Å². The van der Waals surface area contributed by atoms with Crippen LogP contribution in [0, 0.1) is 39.5 Å². The molecule has 4 heterocycles. The fraction of sp³-hybridized carbons (Fsp3) is 0.129. The first kappa shape index (κ1) is 14.2. The van der Waals surface area contributed by atoms with E-state index in [4.69, 9.17) is 20.9 Å². The van der Waals surface area contributed by atoms with Crippen molar-refractivity contribution in [1.82, 2.24) is 15.0 Å². The Kier molecular flexibility index (Phi) is 4.31. The Morgan fingerprint density at radius 2 is 1.69 bits per heavy atom. The van der Waals surface area contributed by atoms with E-state index in [-0.39, 0.29) is 48.2 Å². The molecule has 0 fully saturated rings. The van der Waals surface area contributed by atoms with Crippen molar-refractivity contribution in [2.24, 2.45) is 0 Å². The number of furan rings is 1. The molecular weight excluding hydrogens is 623 g/mol. The summed E-state index contributed by atoms with van der Waals surface area (Å²) in [7, 11) is 0. The Morgan fingerprint density at radius 1 is 0.778 bits per heavy atom. The summed E-state index contributed by atoms with van der Waals surface area (Å²) in [6.45, 7) is -9.56. The SMILES string of the molecule is [2H]C([2H])([2H])c1ccc(-c2[c-]ccc3c2oc2nc(C([2H])([2H])[2H])ccc23)nc1.[2H]C([2H])([2H])c1cnc(-c2[c-]cccc2)cc1C([2H])([2H])[2H].[Ir]. The largest absolute Gasteiger partial charge is 0.486 e. The Balaban J connectivity index is 0.000000222. The monoisotopic (exact) mass is 660 g/mol. The molecule has 1 radical (unpaired) electrons. The van der Waals surface area contributed by atoms with E-state index >= 15 is 0 Å². The molecule has 5 heteroatoms. The second-order valence-electron chi connectivity index (χ2n) is 7.57.